The van der Waals surface area contributed by atoms with Gasteiger partial charge in [-0.25, -0.2) is 4.79 Å². The summed E-state index contributed by atoms with van der Waals surface area (Å²) in [6, 6.07) is 17.3. The number of nitrogens with zero attached hydrogens (tertiary/aromatic N) is 1. The van der Waals surface area contributed by atoms with Gasteiger partial charge in [-0.3, -0.25) is 0 Å². The van der Waals surface area contributed by atoms with Crippen LogP contribution in [0.5, 0.6) is 11.5 Å². The third kappa shape index (κ3) is 5.78. The highest BCUT2D eigenvalue weighted by Gasteiger charge is 2.07. The van der Waals surface area contributed by atoms with Crippen LogP contribution in [0.4, 0.5) is 10.5 Å². The Morgan fingerprint density at radius 2 is 1.62 bits per heavy atom. The van der Waals surface area contributed by atoms with Crippen LogP contribution >= 0.6 is 0 Å². The van der Waals surface area contributed by atoms with Gasteiger partial charge in [0.15, 0.2) is 11.5 Å². The highest BCUT2D eigenvalue weighted by molar-refractivity contribution is 5.89. The number of nitrogens with one attached hydrogen (secondary N) is 2. The van der Waals surface area contributed by atoms with E-state index in [0.29, 0.717) is 26.2 Å². The fraction of sp³-hybridized carbons (Fsp3) is 0.261. The second-order valence-corrected chi connectivity index (χ2v) is 6.42. The number of amides is 2. The molecule has 152 valence electrons. The summed E-state index contributed by atoms with van der Waals surface area (Å²) in [5.74, 6) is 1.48. The summed E-state index contributed by atoms with van der Waals surface area (Å²) in [7, 11) is 0. The van der Waals surface area contributed by atoms with Crippen molar-refractivity contribution in [2.45, 2.75) is 20.3 Å². The van der Waals surface area contributed by atoms with E-state index < -0.39 is 0 Å². The van der Waals surface area contributed by atoms with Crippen molar-refractivity contribution in [3.05, 3.63) is 72.6 Å². The number of hydrogen-bond donors (Lipinski definition) is 2. The maximum Gasteiger partial charge on any atom is 0.319 e. The van der Waals surface area contributed by atoms with E-state index >= 15 is 0 Å². The molecule has 29 heavy (non-hydrogen) atoms. The summed E-state index contributed by atoms with van der Waals surface area (Å²) >= 11 is 0. The molecule has 0 spiro atoms. The van der Waals surface area contributed by atoms with Crippen LogP contribution in [0.1, 0.15) is 19.4 Å². The summed E-state index contributed by atoms with van der Waals surface area (Å²) in [4.78, 5) is 12.2. The first kappa shape index (κ1) is 20.3. The molecule has 0 aliphatic rings. The van der Waals surface area contributed by atoms with Gasteiger partial charge in [-0.1, -0.05) is 6.07 Å². The summed E-state index contributed by atoms with van der Waals surface area (Å²) < 4.78 is 13.2. The maximum atomic E-state index is 12.2. The Bertz CT molecular complexity index is 906. The van der Waals surface area contributed by atoms with Crippen molar-refractivity contribution >= 4 is 11.7 Å². The van der Waals surface area contributed by atoms with Gasteiger partial charge in [0.2, 0.25) is 0 Å². The molecule has 0 aliphatic carbocycles. The summed E-state index contributed by atoms with van der Waals surface area (Å²) in [6.45, 7) is 5.58. The third-order valence-corrected chi connectivity index (χ3v) is 4.33. The number of ether oxygens (including phenoxy) is 2. The normalized spacial score (nSPS) is 10.4. The summed E-state index contributed by atoms with van der Waals surface area (Å²) in [5, 5.41) is 5.74. The van der Waals surface area contributed by atoms with Crippen molar-refractivity contribution in [3.63, 3.8) is 0 Å². The van der Waals surface area contributed by atoms with Gasteiger partial charge in [-0.15, -0.1) is 0 Å². The van der Waals surface area contributed by atoms with E-state index in [1.165, 1.54) is 0 Å². The van der Waals surface area contributed by atoms with Crippen molar-refractivity contribution < 1.29 is 14.3 Å². The molecule has 2 aromatic carbocycles. The summed E-state index contributed by atoms with van der Waals surface area (Å²) in [6.07, 6.45) is 4.66. The largest absolute Gasteiger partial charge is 0.490 e. The zero-order valence-electron chi connectivity index (χ0n) is 16.9. The van der Waals surface area contributed by atoms with Crippen molar-refractivity contribution in [2.75, 3.05) is 25.1 Å². The lowest BCUT2D eigenvalue weighted by atomic mass is 10.1. The average molecular weight is 393 g/mol. The number of carbonyl (C=O) groups excluding carboxylic acids is 1. The molecule has 2 amide bonds. The molecule has 0 fully saturated rings. The van der Waals surface area contributed by atoms with Crippen molar-refractivity contribution in [2.24, 2.45) is 0 Å². The second-order valence-electron chi connectivity index (χ2n) is 6.42. The van der Waals surface area contributed by atoms with Gasteiger partial charge in [0.05, 0.1) is 13.2 Å². The smallest absolute Gasteiger partial charge is 0.319 e. The van der Waals surface area contributed by atoms with Crippen LogP contribution in [-0.2, 0) is 6.42 Å². The van der Waals surface area contributed by atoms with E-state index in [4.69, 9.17) is 9.47 Å². The van der Waals surface area contributed by atoms with Gasteiger partial charge in [0.25, 0.3) is 0 Å². The predicted molar refractivity (Wildman–Crippen MR) is 115 cm³/mol. The molecule has 0 unspecified atom stereocenters. The molecular weight excluding hydrogens is 366 g/mol. The van der Waals surface area contributed by atoms with Gasteiger partial charge in [0, 0.05) is 30.3 Å². The molecule has 0 atom stereocenters. The number of hydrogen-bond acceptors (Lipinski definition) is 3. The average Bonchev–Trinajstić information content (AvgIpc) is 3.26. The number of carbonyl (C=O) groups is 1. The van der Waals surface area contributed by atoms with E-state index in [0.717, 1.165) is 28.4 Å². The molecule has 0 aliphatic heterocycles. The van der Waals surface area contributed by atoms with Gasteiger partial charge < -0.3 is 24.7 Å². The monoisotopic (exact) mass is 393 g/mol. The van der Waals surface area contributed by atoms with E-state index in [1.54, 1.807) is 0 Å². The van der Waals surface area contributed by atoms with Crippen molar-refractivity contribution in [1.82, 2.24) is 9.88 Å². The standard InChI is InChI=1S/C23H27N3O3/c1-3-28-21-12-7-18(17-22(21)29-4-2)13-14-24-23(27)25-19-8-10-20(11-9-19)26-15-5-6-16-26/h5-12,15-17H,3-4,13-14H2,1-2H3,(H2,24,25,27). The van der Waals surface area contributed by atoms with E-state index in [1.807, 2.05) is 85.4 Å². The Morgan fingerprint density at radius 1 is 0.931 bits per heavy atom. The van der Waals surface area contributed by atoms with E-state index in [2.05, 4.69) is 10.6 Å². The van der Waals surface area contributed by atoms with Crippen molar-refractivity contribution in [1.29, 1.82) is 0 Å². The first-order chi connectivity index (χ1) is 14.2. The second kappa shape index (κ2) is 10.2. The quantitative estimate of drug-likeness (QED) is 0.557. The van der Waals surface area contributed by atoms with Crippen LogP contribution in [0, 0.1) is 0 Å². The molecule has 0 saturated carbocycles. The zero-order chi connectivity index (χ0) is 20.5. The lowest BCUT2D eigenvalue weighted by Gasteiger charge is -2.13. The molecule has 0 radical (unpaired) electrons. The number of benzene rings is 2. The van der Waals surface area contributed by atoms with Crippen LogP contribution in [0.15, 0.2) is 67.0 Å². The molecule has 0 saturated heterocycles. The molecule has 3 rings (SSSR count). The Hall–Kier alpha value is -3.41. The van der Waals surface area contributed by atoms with Crippen LogP contribution in [0.2, 0.25) is 0 Å². The van der Waals surface area contributed by atoms with Crippen molar-refractivity contribution in [3.8, 4) is 17.2 Å². The molecule has 1 heterocycles. The van der Waals surface area contributed by atoms with Crippen LogP contribution in [0.25, 0.3) is 5.69 Å². The van der Waals surface area contributed by atoms with Crippen LogP contribution in [-0.4, -0.2) is 30.4 Å². The van der Waals surface area contributed by atoms with E-state index in [9.17, 15) is 4.79 Å². The highest BCUT2D eigenvalue weighted by Crippen LogP contribution is 2.28. The topological polar surface area (TPSA) is 64.5 Å². The highest BCUT2D eigenvalue weighted by atomic mass is 16.5. The lowest BCUT2D eigenvalue weighted by molar-refractivity contribution is 0.252. The number of rotatable bonds is 9. The molecule has 0 bridgehead atoms. The number of aromatic nitrogens is 1. The van der Waals surface area contributed by atoms with Crippen LogP contribution in [0.3, 0.4) is 0 Å². The van der Waals surface area contributed by atoms with E-state index in [-0.39, 0.29) is 6.03 Å². The Labute approximate surface area is 171 Å². The molecule has 6 nitrogen and oxygen atoms in total. The van der Waals surface area contributed by atoms with Gasteiger partial charge in [0.1, 0.15) is 0 Å². The molecule has 2 N–H and O–H groups in total. The SMILES string of the molecule is CCOc1ccc(CCNC(=O)Nc2ccc(-n3cccc3)cc2)cc1OCC. The Morgan fingerprint density at radius 3 is 2.31 bits per heavy atom. The van der Waals surface area contributed by atoms with Gasteiger partial charge in [-0.2, -0.15) is 0 Å². The minimum atomic E-state index is -0.227. The first-order valence-corrected chi connectivity index (χ1v) is 9.86. The predicted octanol–water partition coefficient (Wildman–Crippen LogP) is 4.64. The number of anilines is 1. The Balaban J connectivity index is 1.49. The molecule has 1 aromatic heterocycles. The lowest BCUT2D eigenvalue weighted by Crippen LogP contribution is -2.30. The maximum absolute atomic E-state index is 12.2. The first-order valence-electron chi connectivity index (χ1n) is 9.86. The van der Waals surface area contributed by atoms with Gasteiger partial charge in [-0.05, 0) is 74.4 Å². The molecular formula is C23H27N3O3. The third-order valence-electron chi connectivity index (χ3n) is 4.33. The molecule has 6 heteroatoms. The van der Waals surface area contributed by atoms with Gasteiger partial charge >= 0.3 is 6.03 Å². The summed E-state index contributed by atoms with van der Waals surface area (Å²) in [5.41, 5.74) is 2.87. The minimum Gasteiger partial charge on any atom is -0.490 e. The van der Waals surface area contributed by atoms with Crippen LogP contribution < -0.4 is 20.1 Å². The molecule has 3 aromatic rings. The fourth-order valence-corrected chi connectivity index (χ4v) is 2.97. The number of urea groups is 1. The fourth-order valence-electron chi connectivity index (χ4n) is 2.97. The zero-order valence-corrected chi connectivity index (χ0v) is 16.9. The Kier molecular flexibility index (Phi) is 7.16. The minimum absolute atomic E-state index is 0.227.